The zero-order valence-corrected chi connectivity index (χ0v) is 15.1. The van der Waals surface area contributed by atoms with Crippen LogP contribution in [0.25, 0.3) is 16.9 Å². The molecule has 27 heavy (non-hydrogen) atoms. The maximum Gasteiger partial charge on any atom is 0.151 e. The maximum atomic E-state index is 14.3. The summed E-state index contributed by atoms with van der Waals surface area (Å²) in [4.78, 5) is 0. The van der Waals surface area contributed by atoms with Crippen molar-refractivity contribution in [1.82, 2.24) is 15.1 Å². The van der Waals surface area contributed by atoms with Crippen LogP contribution in [0.1, 0.15) is 17.5 Å². The summed E-state index contributed by atoms with van der Waals surface area (Å²) < 4.78 is 34.4. The normalized spacial score (nSPS) is 16.8. The number of halogens is 2. The van der Waals surface area contributed by atoms with Gasteiger partial charge in [-0.25, -0.2) is 13.5 Å². The Hall–Kier alpha value is -2.57. The van der Waals surface area contributed by atoms with Gasteiger partial charge in [-0.05, 0) is 31.0 Å². The molecule has 1 atom stereocenters. The fraction of sp³-hybridized carbons (Fsp3) is 0.286. The van der Waals surface area contributed by atoms with E-state index in [1.807, 2.05) is 31.2 Å². The van der Waals surface area contributed by atoms with Crippen molar-refractivity contribution in [2.75, 3.05) is 13.2 Å². The number of nitrogens with one attached hydrogen (secondary N) is 1. The molecule has 0 amide bonds. The van der Waals surface area contributed by atoms with E-state index in [2.05, 4.69) is 10.4 Å². The first-order chi connectivity index (χ1) is 13.1. The molecule has 0 unspecified atom stereocenters. The molecule has 2 heterocycles. The molecular weight excluding hydrogens is 348 g/mol. The summed E-state index contributed by atoms with van der Waals surface area (Å²) in [5.41, 5.74) is 4.07. The van der Waals surface area contributed by atoms with Crippen LogP contribution in [0.15, 0.2) is 48.7 Å². The van der Waals surface area contributed by atoms with E-state index in [1.165, 1.54) is 16.8 Å². The molecule has 1 aliphatic heterocycles. The number of benzene rings is 2. The molecule has 4 rings (SSSR count). The number of nitrogens with zero attached hydrogens (tertiary/aromatic N) is 2. The van der Waals surface area contributed by atoms with Crippen molar-refractivity contribution in [1.29, 1.82) is 0 Å². The third-order valence-corrected chi connectivity index (χ3v) is 4.86. The van der Waals surface area contributed by atoms with E-state index >= 15 is 0 Å². The van der Waals surface area contributed by atoms with Crippen molar-refractivity contribution >= 4 is 0 Å². The molecule has 1 aliphatic rings. The largest absolute Gasteiger partial charge is 0.380 e. The van der Waals surface area contributed by atoms with Gasteiger partial charge in [-0.15, -0.1) is 0 Å². The van der Waals surface area contributed by atoms with Gasteiger partial charge in [-0.1, -0.05) is 24.3 Å². The van der Waals surface area contributed by atoms with E-state index in [9.17, 15) is 8.78 Å². The van der Waals surface area contributed by atoms with Gasteiger partial charge in [0.25, 0.3) is 0 Å². The van der Waals surface area contributed by atoms with E-state index in [1.54, 1.807) is 6.20 Å². The minimum absolute atomic E-state index is 0.224. The minimum atomic E-state index is -0.641. The number of aromatic nitrogens is 2. The second kappa shape index (κ2) is 7.58. The van der Waals surface area contributed by atoms with Crippen LogP contribution in [0, 0.1) is 18.6 Å². The fourth-order valence-electron chi connectivity index (χ4n) is 3.34. The number of ether oxygens (including phenoxy) is 1. The standard InChI is InChI=1S/C21H21F2N3O/c1-14-4-2-3-5-18(14)21-15(11-24-17-8-9-27-13-17)12-26(25-21)20-7-6-16(22)10-19(20)23/h2-7,10,12,17,24H,8-9,11,13H2,1H3/t17-/m0/s1. The maximum absolute atomic E-state index is 14.3. The van der Waals surface area contributed by atoms with Gasteiger partial charge in [0.1, 0.15) is 11.5 Å². The van der Waals surface area contributed by atoms with E-state index < -0.39 is 11.6 Å². The second-order valence-electron chi connectivity index (χ2n) is 6.80. The van der Waals surface area contributed by atoms with Gasteiger partial charge in [-0.3, -0.25) is 0 Å². The molecule has 2 aromatic carbocycles. The van der Waals surface area contributed by atoms with E-state index in [0.29, 0.717) is 19.2 Å². The zero-order chi connectivity index (χ0) is 18.8. The highest BCUT2D eigenvalue weighted by Gasteiger charge is 2.19. The molecule has 3 aromatic rings. The second-order valence-corrected chi connectivity index (χ2v) is 6.80. The van der Waals surface area contributed by atoms with Crippen molar-refractivity contribution in [2.24, 2.45) is 0 Å². The van der Waals surface area contributed by atoms with Gasteiger partial charge in [0.2, 0.25) is 0 Å². The Kier molecular flexibility index (Phi) is 5.01. The van der Waals surface area contributed by atoms with Gasteiger partial charge >= 0.3 is 0 Å². The fourth-order valence-corrected chi connectivity index (χ4v) is 3.34. The van der Waals surface area contributed by atoms with Crippen LogP contribution in [0.5, 0.6) is 0 Å². The van der Waals surface area contributed by atoms with E-state index in [4.69, 9.17) is 4.74 Å². The summed E-state index contributed by atoms with van der Waals surface area (Å²) >= 11 is 0. The van der Waals surface area contributed by atoms with Crippen LogP contribution in [-0.2, 0) is 11.3 Å². The molecule has 0 saturated carbocycles. The highest BCUT2D eigenvalue weighted by atomic mass is 19.1. The van der Waals surface area contributed by atoms with Crippen molar-refractivity contribution in [3.8, 4) is 16.9 Å². The van der Waals surface area contributed by atoms with Gasteiger partial charge in [-0.2, -0.15) is 5.10 Å². The van der Waals surface area contributed by atoms with Crippen LogP contribution in [0.2, 0.25) is 0 Å². The Morgan fingerprint density at radius 1 is 1.22 bits per heavy atom. The van der Waals surface area contributed by atoms with Crippen molar-refractivity contribution in [2.45, 2.75) is 25.9 Å². The predicted molar refractivity (Wildman–Crippen MR) is 99.7 cm³/mol. The monoisotopic (exact) mass is 369 g/mol. The molecule has 4 nitrogen and oxygen atoms in total. The third-order valence-electron chi connectivity index (χ3n) is 4.86. The summed E-state index contributed by atoms with van der Waals surface area (Å²) in [5.74, 6) is -1.25. The minimum Gasteiger partial charge on any atom is -0.380 e. The molecule has 1 N–H and O–H groups in total. The van der Waals surface area contributed by atoms with Gasteiger partial charge in [0.05, 0.1) is 12.3 Å². The highest BCUT2D eigenvalue weighted by molar-refractivity contribution is 5.66. The Balaban J connectivity index is 1.73. The summed E-state index contributed by atoms with van der Waals surface area (Å²) in [7, 11) is 0. The lowest BCUT2D eigenvalue weighted by Crippen LogP contribution is -2.28. The van der Waals surface area contributed by atoms with Crippen LogP contribution < -0.4 is 5.32 Å². The van der Waals surface area contributed by atoms with Crippen LogP contribution in [0.3, 0.4) is 0 Å². The van der Waals surface area contributed by atoms with Gasteiger partial charge < -0.3 is 10.1 Å². The van der Waals surface area contributed by atoms with Gasteiger partial charge in [0.15, 0.2) is 5.82 Å². The lowest BCUT2D eigenvalue weighted by Gasteiger charge is -2.11. The first-order valence-electron chi connectivity index (χ1n) is 9.03. The zero-order valence-electron chi connectivity index (χ0n) is 15.1. The molecule has 0 bridgehead atoms. The van der Waals surface area contributed by atoms with Crippen molar-refractivity contribution < 1.29 is 13.5 Å². The molecular formula is C21H21F2N3O. The number of rotatable bonds is 5. The van der Waals surface area contributed by atoms with Crippen molar-refractivity contribution in [3.63, 3.8) is 0 Å². The molecule has 0 aliphatic carbocycles. The predicted octanol–water partition coefficient (Wildman–Crippen LogP) is 4.00. The van der Waals surface area contributed by atoms with Crippen molar-refractivity contribution in [3.05, 3.63) is 71.4 Å². The Labute approximate surface area is 156 Å². The molecule has 140 valence electrons. The Morgan fingerprint density at radius 3 is 2.81 bits per heavy atom. The first-order valence-corrected chi connectivity index (χ1v) is 9.03. The number of hydrogen-bond acceptors (Lipinski definition) is 3. The van der Waals surface area contributed by atoms with Crippen LogP contribution >= 0.6 is 0 Å². The average molecular weight is 369 g/mol. The topological polar surface area (TPSA) is 39.1 Å². The molecule has 0 radical (unpaired) electrons. The summed E-state index contributed by atoms with van der Waals surface area (Å²) in [6.07, 6.45) is 2.78. The quantitative estimate of drug-likeness (QED) is 0.739. The Bertz CT molecular complexity index is 948. The lowest BCUT2D eigenvalue weighted by molar-refractivity contribution is 0.190. The third kappa shape index (κ3) is 3.77. The first kappa shape index (κ1) is 17.8. The molecule has 1 aromatic heterocycles. The van der Waals surface area contributed by atoms with Crippen LogP contribution in [0.4, 0.5) is 8.78 Å². The highest BCUT2D eigenvalue weighted by Crippen LogP contribution is 2.27. The molecule has 6 heteroatoms. The molecule has 1 fully saturated rings. The van der Waals surface area contributed by atoms with E-state index in [-0.39, 0.29) is 5.69 Å². The SMILES string of the molecule is Cc1ccccc1-c1nn(-c2ccc(F)cc2F)cc1CN[C@H]1CCOC1. The molecule has 0 spiro atoms. The Morgan fingerprint density at radius 2 is 2.07 bits per heavy atom. The summed E-state index contributed by atoms with van der Waals surface area (Å²) in [5, 5.41) is 8.11. The van der Waals surface area contributed by atoms with Gasteiger partial charge in [0, 0.05) is 42.6 Å². The smallest absolute Gasteiger partial charge is 0.151 e. The summed E-state index contributed by atoms with van der Waals surface area (Å²) in [6, 6.07) is 11.8. The average Bonchev–Trinajstić information content (AvgIpc) is 3.30. The number of hydrogen-bond donors (Lipinski definition) is 1. The summed E-state index contributed by atoms with van der Waals surface area (Å²) in [6.45, 7) is 4.08. The number of aryl methyl sites for hydroxylation is 1. The molecule has 1 saturated heterocycles. The van der Waals surface area contributed by atoms with E-state index in [0.717, 1.165) is 41.5 Å². The lowest BCUT2D eigenvalue weighted by atomic mass is 10.0. The van der Waals surface area contributed by atoms with Crippen LogP contribution in [-0.4, -0.2) is 29.0 Å².